The highest BCUT2D eigenvalue weighted by molar-refractivity contribution is 8.13. The number of alkyl halides is 13. The molecular formula is C11H10ClF13O2S. The molecule has 2 unspecified atom stereocenters. The van der Waals surface area contributed by atoms with Crippen molar-refractivity contribution in [3.63, 3.8) is 0 Å². The molecule has 0 spiro atoms. The molecule has 0 bridgehead atoms. The lowest BCUT2D eigenvalue weighted by molar-refractivity contribution is -0.353. The van der Waals surface area contributed by atoms with Crippen LogP contribution in [0.25, 0.3) is 0 Å². The lowest BCUT2D eigenvalue weighted by Gasteiger charge is -2.35. The first-order valence-corrected chi connectivity index (χ1v) is 9.28. The molecule has 2 atom stereocenters. The van der Waals surface area contributed by atoms with Crippen LogP contribution < -0.4 is 0 Å². The summed E-state index contributed by atoms with van der Waals surface area (Å²) in [5, 5.41) is 0. The molecule has 0 amide bonds. The van der Waals surface area contributed by atoms with E-state index in [4.69, 9.17) is 0 Å². The smallest absolute Gasteiger partial charge is 0.224 e. The minimum absolute atomic E-state index is 1.57. The van der Waals surface area contributed by atoms with Gasteiger partial charge in [0.05, 0.1) is 17.6 Å². The molecule has 0 N–H and O–H groups in total. The minimum Gasteiger partial charge on any atom is -0.224 e. The Labute approximate surface area is 153 Å². The fourth-order valence-electron chi connectivity index (χ4n) is 2.11. The van der Waals surface area contributed by atoms with E-state index >= 15 is 0 Å². The first-order chi connectivity index (χ1) is 11.9. The van der Waals surface area contributed by atoms with Crippen LogP contribution in [0.2, 0.25) is 0 Å². The SMILES string of the molecule is O=S(=O)(Cl)CCC(CC(CC(F)(C(F)(F)F)C(F)(F)F)C(F)(F)F)C(F)(F)F. The summed E-state index contributed by atoms with van der Waals surface area (Å²) in [6, 6.07) is 0. The highest BCUT2D eigenvalue weighted by Gasteiger charge is 2.74. The second-order valence-electron chi connectivity index (χ2n) is 5.75. The van der Waals surface area contributed by atoms with E-state index in [1.54, 1.807) is 0 Å². The van der Waals surface area contributed by atoms with Gasteiger partial charge in [-0.1, -0.05) is 0 Å². The average Bonchev–Trinajstić information content (AvgIpc) is 2.35. The highest BCUT2D eigenvalue weighted by atomic mass is 35.7. The van der Waals surface area contributed by atoms with Crippen molar-refractivity contribution in [3.05, 3.63) is 0 Å². The second kappa shape index (κ2) is 8.22. The molecule has 0 aliphatic carbocycles. The van der Waals surface area contributed by atoms with Gasteiger partial charge in [-0.15, -0.1) is 0 Å². The average molecular weight is 489 g/mol. The quantitative estimate of drug-likeness (QED) is 0.330. The van der Waals surface area contributed by atoms with Crippen molar-refractivity contribution in [2.24, 2.45) is 11.8 Å². The summed E-state index contributed by atoms with van der Waals surface area (Å²) < 4.78 is 186. The summed E-state index contributed by atoms with van der Waals surface area (Å²) in [5.74, 6) is -8.91. The zero-order valence-corrected chi connectivity index (χ0v) is 14.6. The van der Waals surface area contributed by atoms with Gasteiger partial charge in [0.15, 0.2) is 0 Å². The van der Waals surface area contributed by atoms with Gasteiger partial charge in [-0.05, 0) is 12.8 Å². The standard InChI is InChI=1S/C11H10ClF13O2S/c12-28(26,27)2-1-5(8(14,15)16)3-6(9(17,18)19)4-7(13,10(20,21)22)11(23,24)25/h5-6H,1-4H2. The summed E-state index contributed by atoms with van der Waals surface area (Å²) in [6.07, 6.45) is -33.1. The maximum atomic E-state index is 13.6. The van der Waals surface area contributed by atoms with Gasteiger partial charge in [-0.3, -0.25) is 0 Å². The Balaban J connectivity index is 5.97. The van der Waals surface area contributed by atoms with Gasteiger partial charge in [0.25, 0.3) is 5.67 Å². The van der Waals surface area contributed by atoms with Crippen LogP contribution in [0.5, 0.6) is 0 Å². The third-order valence-electron chi connectivity index (χ3n) is 3.63. The predicted molar refractivity (Wildman–Crippen MR) is 68.5 cm³/mol. The van der Waals surface area contributed by atoms with E-state index in [-0.39, 0.29) is 0 Å². The molecular weight excluding hydrogens is 479 g/mol. The van der Waals surface area contributed by atoms with Crippen LogP contribution in [-0.4, -0.2) is 44.5 Å². The Kier molecular flexibility index (Phi) is 8.02. The number of rotatable bonds is 7. The van der Waals surface area contributed by atoms with Crippen LogP contribution in [0.15, 0.2) is 0 Å². The molecule has 0 saturated carbocycles. The maximum Gasteiger partial charge on any atom is 0.431 e. The first-order valence-electron chi connectivity index (χ1n) is 6.80. The summed E-state index contributed by atoms with van der Waals surface area (Å²) in [5.41, 5.74) is -6.44. The van der Waals surface area contributed by atoms with Gasteiger partial charge < -0.3 is 0 Å². The van der Waals surface area contributed by atoms with Crippen LogP contribution in [-0.2, 0) is 9.05 Å². The van der Waals surface area contributed by atoms with Crippen molar-refractivity contribution < 1.29 is 65.5 Å². The third kappa shape index (κ3) is 7.63. The van der Waals surface area contributed by atoms with Crippen LogP contribution in [0, 0.1) is 11.8 Å². The molecule has 0 heterocycles. The number of hydrogen-bond donors (Lipinski definition) is 0. The summed E-state index contributed by atoms with van der Waals surface area (Å²) in [4.78, 5) is 0. The van der Waals surface area contributed by atoms with E-state index in [1.165, 1.54) is 0 Å². The van der Waals surface area contributed by atoms with Gasteiger partial charge in [-0.2, -0.15) is 52.7 Å². The Morgan fingerprint density at radius 2 is 1.04 bits per heavy atom. The molecule has 0 aliphatic rings. The molecule has 0 aromatic rings. The van der Waals surface area contributed by atoms with Gasteiger partial charge in [0.2, 0.25) is 9.05 Å². The topological polar surface area (TPSA) is 34.1 Å². The Bertz CT molecular complexity index is 602. The third-order valence-corrected chi connectivity index (χ3v) is 4.82. The van der Waals surface area contributed by atoms with E-state index in [1.807, 2.05) is 0 Å². The molecule has 0 aliphatic heterocycles. The molecule has 0 aromatic heterocycles. The fourth-order valence-corrected chi connectivity index (χ4v) is 2.94. The van der Waals surface area contributed by atoms with E-state index in [2.05, 4.69) is 10.7 Å². The number of hydrogen-bond acceptors (Lipinski definition) is 2. The van der Waals surface area contributed by atoms with E-state index < -0.39 is 76.3 Å². The van der Waals surface area contributed by atoms with Crippen molar-refractivity contribution in [2.75, 3.05) is 5.75 Å². The van der Waals surface area contributed by atoms with E-state index in [0.29, 0.717) is 0 Å². The first kappa shape index (κ1) is 27.3. The zero-order chi connectivity index (χ0) is 23.0. The van der Waals surface area contributed by atoms with Gasteiger partial charge in [0.1, 0.15) is 0 Å². The number of halogens is 14. The van der Waals surface area contributed by atoms with Crippen LogP contribution in [0.3, 0.4) is 0 Å². The lowest BCUT2D eigenvalue weighted by Crippen LogP contribution is -2.55. The van der Waals surface area contributed by atoms with E-state index in [9.17, 15) is 65.5 Å². The molecule has 170 valence electrons. The monoisotopic (exact) mass is 488 g/mol. The molecule has 0 fully saturated rings. The predicted octanol–water partition coefficient (Wildman–Crippen LogP) is 5.92. The van der Waals surface area contributed by atoms with Crippen LogP contribution >= 0.6 is 10.7 Å². The lowest BCUT2D eigenvalue weighted by atomic mass is 9.83. The summed E-state index contributed by atoms with van der Waals surface area (Å²) in [7, 11) is -0.0704. The van der Waals surface area contributed by atoms with Crippen molar-refractivity contribution in [1.82, 2.24) is 0 Å². The molecule has 0 rings (SSSR count). The zero-order valence-electron chi connectivity index (χ0n) is 13.0. The van der Waals surface area contributed by atoms with Crippen LogP contribution in [0.1, 0.15) is 19.3 Å². The van der Waals surface area contributed by atoms with Gasteiger partial charge in [-0.25, -0.2) is 12.8 Å². The van der Waals surface area contributed by atoms with Crippen molar-refractivity contribution in [3.8, 4) is 0 Å². The van der Waals surface area contributed by atoms with Crippen molar-refractivity contribution in [1.29, 1.82) is 0 Å². The second-order valence-corrected chi connectivity index (χ2v) is 8.64. The Hall–Kier alpha value is -0.670. The summed E-state index contributed by atoms with van der Waals surface area (Å²) >= 11 is 0. The molecule has 28 heavy (non-hydrogen) atoms. The molecule has 2 nitrogen and oxygen atoms in total. The maximum absolute atomic E-state index is 13.6. The normalized spacial score (nSPS) is 17.5. The molecule has 0 aromatic carbocycles. The molecule has 0 saturated heterocycles. The molecule has 17 heteroatoms. The highest BCUT2D eigenvalue weighted by Crippen LogP contribution is 2.53. The van der Waals surface area contributed by atoms with Gasteiger partial charge in [0, 0.05) is 17.1 Å². The summed E-state index contributed by atoms with van der Waals surface area (Å²) in [6.45, 7) is 0. The minimum atomic E-state index is -6.90. The van der Waals surface area contributed by atoms with Crippen molar-refractivity contribution >= 4 is 19.7 Å². The fraction of sp³-hybridized carbons (Fsp3) is 1.00. The largest absolute Gasteiger partial charge is 0.431 e. The van der Waals surface area contributed by atoms with E-state index in [0.717, 1.165) is 0 Å². The Morgan fingerprint density at radius 1 is 0.679 bits per heavy atom. The van der Waals surface area contributed by atoms with Crippen molar-refractivity contribution in [2.45, 2.75) is 49.6 Å². The van der Waals surface area contributed by atoms with Crippen LogP contribution in [0.4, 0.5) is 57.1 Å². The van der Waals surface area contributed by atoms with Gasteiger partial charge >= 0.3 is 24.7 Å². The Morgan fingerprint density at radius 3 is 1.29 bits per heavy atom. The molecule has 0 radical (unpaired) electrons.